The largest absolute Gasteiger partial charge is 0.462 e. The molecule has 2 aliphatic carbocycles. The standard InChI is InChI=1S/C16H24O5/c1-8-5-6-13-16(21-13)12(19)7-11(20-10(3)18)14(9(2)17)15(8,16)4/h8,11-14,19H,5-7H2,1-4H3/t8-,11-,12-,13?,14-,15-,16?/m0/s1. The van der Waals surface area contributed by atoms with Crippen LogP contribution in [0.5, 0.6) is 0 Å². The van der Waals surface area contributed by atoms with Crippen LogP contribution in [0.15, 0.2) is 0 Å². The van der Waals surface area contributed by atoms with E-state index < -0.39 is 35.1 Å². The van der Waals surface area contributed by atoms with Gasteiger partial charge in [-0.15, -0.1) is 0 Å². The molecule has 21 heavy (non-hydrogen) atoms. The molecule has 0 aromatic rings. The molecule has 1 heterocycles. The van der Waals surface area contributed by atoms with Crippen LogP contribution in [0, 0.1) is 17.3 Å². The van der Waals surface area contributed by atoms with Crippen molar-refractivity contribution in [3.63, 3.8) is 0 Å². The zero-order valence-electron chi connectivity index (χ0n) is 13.1. The maximum Gasteiger partial charge on any atom is 0.302 e. The summed E-state index contributed by atoms with van der Waals surface area (Å²) in [5.41, 5.74) is -1.11. The number of hydrogen-bond acceptors (Lipinski definition) is 5. The fraction of sp³-hybridized carbons (Fsp3) is 0.875. The molecule has 0 radical (unpaired) electrons. The Hall–Kier alpha value is -0.940. The molecular formula is C16H24O5. The van der Waals surface area contributed by atoms with Gasteiger partial charge in [0, 0.05) is 18.8 Å². The molecule has 5 heteroatoms. The Kier molecular flexibility index (Phi) is 3.23. The van der Waals surface area contributed by atoms with Gasteiger partial charge in [-0.1, -0.05) is 13.8 Å². The average molecular weight is 296 g/mol. The van der Waals surface area contributed by atoms with Crippen LogP contribution in [-0.2, 0) is 19.1 Å². The Labute approximate surface area is 125 Å². The van der Waals surface area contributed by atoms with E-state index in [0.717, 1.165) is 12.8 Å². The maximum absolute atomic E-state index is 12.3. The third-order valence-electron chi connectivity index (χ3n) is 6.21. The molecule has 0 bridgehead atoms. The van der Waals surface area contributed by atoms with Gasteiger partial charge in [0.25, 0.3) is 0 Å². The van der Waals surface area contributed by atoms with Crippen LogP contribution in [0.1, 0.15) is 47.0 Å². The Morgan fingerprint density at radius 1 is 1.29 bits per heavy atom. The smallest absolute Gasteiger partial charge is 0.302 e. The zero-order chi connectivity index (χ0) is 15.6. The van der Waals surface area contributed by atoms with Crippen molar-refractivity contribution >= 4 is 11.8 Å². The molecule has 5 nitrogen and oxygen atoms in total. The Morgan fingerprint density at radius 3 is 2.52 bits per heavy atom. The summed E-state index contributed by atoms with van der Waals surface area (Å²) in [5.74, 6) is -0.573. The van der Waals surface area contributed by atoms with Crippen molar-refractivity contribution in [1.82, 2.24) is 0 Å². The number of aliphatic hydroxyl groups is 1. The van der Waals surface area contributed by atoms with Gasteiger partial charge in [0.05, 0.1) is 18.1 Å². The van der Waals surface area contributed by atoms with Crippen molar-refractivity contribution < 1.29 is 24.2 Å². The lowest BCUT2D eigenvalue weighted by Crippen LogP contribution is -2.65. The van der Waals surface area contributed by atoms with Crippen LogP contribution in [0.2, 0.25) is 0 Å². The molecule has 2 saturated carbocycles. The summed E-state index contributed by atoms with van der Waals surface area (Å²) < 4.78 is 11.3. The number of epoxide rings is 1. The minimum atomic E-state index is -0.685. The lowest BCUT2D eigenvalue weighted by molar-refractivity contribution is -0.187. The van der Waals surface area contributed by atoms with Gasteiger partial charge in [0.1, 0.15) is 17.5 Å². The molecule has 7 atom stereocenters. The van der Waals surface area contributed by atoms with E-state index in [1.807, 2.05) is 6.92 Å². The molecule has 1 N–H and O–H groups in total. The lowest BCUT2D eigenvalue weighted by Gasteiger charge is -2.55. The molecule has 1 saturated heterocycles. The number of hydrogen-bond donors (Lipinski definition) is 1. The monoisotopic (exact) mass is 296 g/mol. The average Bonchev–Trinajstić information content (AvgIpc) is 3.08. The molecule has 1 spiro atoms. The van der Waals surface area contributed by atoms with Gasteiger partial charge in [-0.3, -0.25) is 9.59 Å². The number of esters is 1. The number of Topliss-reactive ketones (excluding diaryl/α,β-unsaturated/α-hetero) is 1. The van der Waals surface area contributed by atoms with Crippen molar-refractivity contribution in [2.24, 2.45) is 17.3 Å². The highest BCUT2D eigenvalue weighted by Gasteiger charge is 2.79. The number of carbonyl (C=O) groups excluding carboxylic acids is 2. The molecule has 0 aromatic heterocycles. The first-order valence-corrected chi connectivity index (χ1v) is 7.78. The quantitative estimate of drug-likeness (QED) is 0.617. The van der Waals surface area contributed by atoms with Crippen LogP contribution < -0.4 is 0 Å². The minimum Gasteiger partial charge on any atom is -0.462 e. The topological polar surface area (TPSA) is 76.1 Å². The fourth-order valence-corrected chi connectivity index (χ4v) is 5.17. The van der Waals surface area contributed by atoms with E-state index in [1.54, 1.807) is 6.92 Å². The van der Waals surface area contributed by atoms with Crippen LogP contribution in [0.3, 0.4) is 0 Å². The number of aliphatic hydroxyl groups excluding tert-OH is 1. The number of ether oxygens (including phenoxy) is 2. The van der Waals surface area contributed by atoms with Gasteiger partial charge in [-0.2, -0.15) is 0 Å². The second-order valence-electron chi connectivity index (χ2n) is 7.15. The molecule has 3 fully saturated rings. The summed E-state index contributed by atoms with van der Waals surface area (Å²) >= 11 is 0. The summed E-state index contributed by atoms with van der Waals surface area (Å²) in [6, 6.07) is 0. The van der Waals surface area contributed by atoms with E-state index in [2.05, 4.69) is 6.92 Å². The fourth-order valence-electron chi connectivity index (χ4n) is 5.17. The molecule has 118 valence electrons. The third kappa shape index (κ3) is 1.77. The van der Waals surface area contributed by atoms with Gasteiger partial charge in [-0.25, -0.2) is 0 Å². The summed E-state index contributed by atoms with van der Waals surface area (Å²) in [4.78, 5) is 23.7. The summed E-state index contributed by atoms with van der Waals surface area (Å²) in [7, 11) is 0. The van der Waals surface area contributed by atoms with Crippen LogP contribution >= 0.6 is 0 Å². The SMILES string of the molecule is CC(=O)O[C@H]1C[C@H](O)C23OC2CC[C@H](C)[C@@]3(C)[C@H]1C(C)=O. The third-order valence-corrected chi connectivity index (χ3v) is 6.21. The van der Waals surface area contributed by atoms with Gasteiger partial charge in [0.15, 0.2) is 0 Å². The van der Waals surface area contributed by atoms with Crippen molar-refractivity contribution in [3.05, 3.63) is 0 Å². The number of carbonyl (C=O) groups is 2. The van der Waals surface area contributed by atoms with Crippen LogP contribution in [0.4, 0.5) is 0 Å². The van der Waals surface area contributed by atoms with Gasteiger partial charge < -0.3 is 14.6 Å². The Bertz CT molecular complexity index is 489. The summed E-state index contributed by atoms with van der Waals surface area (Å²) in [5, 5.41) is 10.6. The van der Waals surface area contributed by atoms with Crippen molar-refractivity contribution in [2.45, 2.75) is 70.9 Å². The van der Waals surface area contributed by atoms with Gasteiger partial charge in [0.2, 0.25) is 0 Å². The van der Waals surface area contributed by atoms with Gasteiger partial charge in [-0.05, 0) is 25.7 Å². The minimum absolute atomic E-state index is 0.0121. The first-order valence-electron chi connectivity index (χ1n) is 7.78. The highest BCUT2D eigenvalue weighted by atomic mass is 16.6. The van der Waals surface area contributed by atoms with Crippen molar-refractivity contribution in [1.29, 1.82) is 0 Å². The predicted octanol–water partition coefficient (Wildman–Crippen LogP) is 1.46. The van der Waals surface area contributed by atoms with Crippen LogP contribution in [0.25, 0.3) is 0 Å². The molecular weight excluding hydrogens is 272 g/mol. The van der Waals surface area contributed by atoms with Crippen molar-refractivity contribution in [3.8, 4) is 0 Å². The van der Waals surface area contributed by atoms with Crippen LogP contribution in [-0.4, -0.2) is 40.8 Å². The molecule has 1 aliphatic heterocycles. The Balaban J connectivity index is 2.05. The second-order valence-corrected chi connectivity index (χ2v) is 7.15. The predicted molar refractivity (Wildman–Crippen MR) is 74.5 cm³/mol. The maximum atomic E-state index is 12.3. The molecule has 2 unspecified atom stereocenters. The zero-order valence-corrected chi connectivity index (χ0v) is 13.1. The van der Waals surface area contributed by atoms with E-state index in [0.29, 0.717) is 0 Å². The van der Waals surface area contributed by atoms with E-state index in [-0.39, 0.29) is 24.2 Å². The molecule has 0 aromatic carbocycles. The molecule has 0 amide bonds. The first kappa shape index (κ1) is 15.0. The van der Waals surface area contributed by atoms with E-state index >= 15 is 0 Å². The van der Waals surface area contributed by atoms with E-state index in [4.69, 9.17) is 9.47 Å². The summed E-state index contributed by atoms with van der Waals surface area (Å²) in [6.07, 6.45) is 0.964. The van der Waals surface area contributed by atoms with Crippen molar-refractivity contribution in [2.75, 3.05) is 0 Å². The van der Waals surface area contributed by atoms with E-state index in [1.165, 1.54) is 6.92 Å². The normalized spacial score (nSPS) is 51.6. The molecule has 3 aliphatic rings. The van der Waals surface area contributed by atoms with Gasteiger partial charge >= 0.3 is 5.97 Å². The number of ketones is 1. The van der Waals surface area contributed by atoms with E-state index in [9.17, 15) is 14.7 Å². The molecule has 3 rings (SSSR count). The number of rotatable bonds is 2. The highest BCUT2D eigenvalue weighted by Crippen LogP contribution is 2.68. The Morgan fingerprint density at radius 2 is 1.95 bits per heavy atom. The second kappa shape index (κ2) is 4.53. The lowest BCUT2D eigenvalue weighted by atomic mass is 9.49. The first-order chi connectivity index (χ1) is 9.75. The summed E-state index contributed by atoms with van der Waals surface area (Å²) in [6.45, 7) is 7.04. The highest BCUT2D eigenvalue weighted by molar-refractivity contribution is 5.81.